The van der Waals surface area contributed by atoms with Crippen LogP contribution in [0.15, 0.2) is 11.6 Å². The van der Waals surface area contributed by atoms with Gasteiger partial charge in [-0.05, 0) is 52.9 Å². The second-order valence-electron chi connectivity index (χ2n) is 5.43. The van der Waals surface area contributed by atoms with Gasteiger partial charge in [-0.15, -0.1) is 0 Å². The van der Waals surface area contributed by atoms with Gasteiger partial charge in [0.2, 0.25) is 0 Å². The number of aryl methyl sites for hydroxylation is 3. The first-order valence-electron chi connectivity index (χ1n) is 7.36. The molecule has 1 aromatic heterocycles. The Hall–Kier alpha value is -1.71. The van der Waals surface area contributed by atoms with Crippen LogP contribution < -0.4 is 5.32 Å². The molecule has 0 aliphatic heterocycles. The van der Waals surface area contributed by atoms with Crippen LogP contribution in [-0.2, 0) is 0 Å². The maximum absolute atomic E-state index is 12.2. The second-order valence-corrected chi connectivity index (χ2v) is 5.43. The number of amides is 1. The predicted molar refractivity (Wildman–Crippen MR) is 79.7 cm³/mol. The van der Waals surface area contributed by atoms with Crippen LogP contribution >= 0.6 is 0 Å². The van der Waals surface area contributed by atoms with Gasteiger partial charge < -0.3 is 5.32 Å². The molecule has 0 saturated carbocycles. The molecule has 4 nitrogen and oxygen atoms in total. The van der Waals surface area contributed by atoms with Crippen LogP contribution in [0.2, 0.25) is 0 Å². The Morgan fingerprint density at radius 2 is 1.90 bits per heavy atom. The first kappa shape index (κ1) is 14.7. The number of carbonyl (C=O) groups is 1. The number of nitrogens with one attached hydrogen (secondary N) is 1. The Kier molecular flexibility index (Phi) is 4.88. The summed E-state index contributed by atoms with van der Waals surface area (Å²) in [5, 5.41) is 2.99. The smallest absolute Gasteiger partial charge is 0.254 e. The van der Waals surface area contributed by atoms with E-state index in [0.717, 1.165) is 17.8 Å². The molecule has 0 saturated heterocycles. The van der Waals surface area contributed by atoms with E-state index in [0.29, 0.717) is 17.9 Å². The Labute approximate surface area is 120 Å². The fourth-order valence-electron chi connectivity index (χ4n) is 2.77. The van der Waals surface area contributed by atoms with Gasteiger partial charge in [-0.25, -0.2) is 9.97 Å². The normalized spacial score (nSPS) is 14.8. The molecule has 1 N–H and O–H groups in total. The summed E-state index contributed by atoms with van der Waals surface area (Å²) in [5.41, 5.74) is 3.60. The Balaban J connectivity index is 1.93. The minimum atomic E-state index is -0.0589. The Morgan fingerprint density at radius 1 is 1.20 bits per heavy atom. The molecule has 4 heteroatoms. The van der Waals surface area contributed by atoms with Crippen LogP contribution in [0, 0.1) is 20.8 Å². The van der Waals surface area contributed by atoms with Crippen molar-refractivity contribution in [3.63, 3.8) is 0 Å². The maximum Gasteiger partial charge on any atom is 0.254 e. The van der Waals surface area contributed by atoms with Crippen molar-refractivity contribution in [1.29, 1.82) is 0 Å². The van der Waals surface area contributed by atoms with Crippen LogP contribution in [0.1, 0.15) is 59.7 Å². The zero-order valence-corrected chi connectivity index (χ0v) is 12.6. The molecule has 0 bridgehead atoms. The summed E-state index contributed by atoms with van der Waals surface area (Å²) in [4.78, 5) is 20.8. The van der Waals surface area contributed by atoms with Crippen LogP contribution in [-0.4, -0.2) is 22.4 Å². The molecule has 0 spiro atoms. The molecular formula is C16H23N3O. The van der Waals surface area contributed by atoms with Crippen molar-refractivity contribution < 1.29 is 4.79 Å². The molecule has 1 aliphatic carbocycles. The summed E-state index contributed by atoms with van der Waals surface area (Å²) in [7, 11) is 0. The summed E-state index contributed by atoms with van der Waals surface area (Å²) < 4.78 is 0. The molecule has 1 heterocycles. The van der Waals surface area contributed by atoms with Crippen molar-refractivity contribution in [3.05, 3.63) is 34.4 Å². The van der Waals surface area contributed by atoms with E-state index in [1.807, 2.05) is 20.8 Å². The maximum atomic E-state index is 12.2. The van der Waals surface area contributed by atoms with Gasteiger partial charge in [-0.3, -0.25) is 4.79 Å². The van der Waals surface area contributed by atoms with E-state index < -0.39 is 0 Å². The lowest BCUT2D eigenvalue weighted by Crippen LogP contribution is -2.27. The third kappa shape index (κ3) is 3.65. The molecule has 1 aliphatic rings. The number of nitrogens with zero attached hydrogens (tertiary/aromatic N) is 2. The highest BCUT2D eigenvalue weighted by Gasteiger charge is 2.14. The van der Waals surface area contributed by atoms with Crippen molar-refractivity contribution in [2.75, 3.05) is 6.54 Å². The molecule has 1 aromatic rings. The minimum Gasteiger partial charge on any atom is -0.352 e. The summed E-state index contributed by atoms with van der Waals surface area (Å²) in [6.07, 6.45) is 8.23. The van der Waals surface area contributed by atoms with E-state index in [2.05, 4.69) is 21.4 Å². The predicted octanol–water partition coefficient (Wildman–Crippen LogP) is 3.02. The number of carbonyl (C=O) groups excluding carboxylic acids is 1. The molecule has 20 heavy (non-hydrogen) atoms. The lowest BCUT2D eigenvalue weighted by atomic mass is 9.97. The van der Waals surface area contributed by atoms with E-state index >= 15 is 0 Å². The SMILES string of the molecule is Cc1nc(C)c(C(=O)NCCC2=CCCCC2)c(C)n1. The summed E-state index contributed by atoms with van der Waals surface area (Å²) in [5.74, 6) is 0.653. The number of rotatable bonds is 4. The number of allylic oxidation sites excluding steroid dienone is 1. The number of hydrogen-bond acceptors (Lipinski definition) is 3. The monoisotopic (exact) mass is 273 g/mol. The lowest BCUT2D eigenvalue weighted by molar-refractivity contribution is 0.0952. The van der Waals surface area contributed by atoms with Crippen LogP contribution in [0.5, 0.6) is 0 Å². The van der Waals surface area contributed by atoms with E-state index in [9.17, 15) is 4.79 Å². The zero-order valence-electron chi connectivity index (χ0n) is 12.6. The van der Waals surface area contributed by atoms with Gasteiger partial charge >= 0.3 is 0 Å². The quantitative estimate of drug-likeness (QED) is 0.858. The van der Waals surface area contributed by atoms with Gasteiger partial charge in [-0.2, -0.15) is 0 Å². The van der Waals surface area contributed by atoms with Crippen LogP contribution in [0.4, 0.5) is 0 Å². The highest BCUT2D eigenvalue weighted by molar-refractivity contribution is 5.96. The molecule has 108 valence electrons. The standard InChI is InChI=1S/C16H23N3O/c1-11-15(12(2)19-13(3)18-11)16(20)17-10-9-14-7-5-4-6-8-14/h7H,4-6,8-10H2,1-3H3,(H,17,20). The molecular weight excluding hydrogens is 250 g/mol. The first-order chi connectivity index (χ1) is 9.58. The molecule has 2 rings (SSSR count). The summed E-state index contributed by atoms with van der Waals surface area (Å²) in [6, 6.07) is 0. The van der Waals surface area contributed by atoms with Gasteiger partial charge in [0.05, 0.1) is 17.0 Å². The third-order valence-corrected chi connectivity index (χ3v) is 3.73. The van der Waals surface area contributed by atoms with E-state index in [4.69, 9.17) is 0 Å². The molecule has 1 amide bonds. The van der Waals surface area contributed by atoms with Crippen molar-refractivity contribution in [3.8, 4) is 0 Å². The van der Waals surface area contributed by atoms with Crippen molar-refractivity contribution in [1.82, 2.24) is 15.3 Å². The summed E-state index contributed by atoms with van der Waals surface area (Å²) in [6.45, 7) is 6.26. The van der Waals surface area contributed by atoms with Crippen molar-refractivity contribution in [2.45, 2.75) is 52.9 Å². The molecule has 0 unspecified atom stereocenters. The van der Waals surface area contributed by atoms with Gasteiger partial charge in [0.15, 0.2) is 0 Å². The molecule has 0 aromatic carbocycles. The highest BCUT2D eigenvalue weighted by Crippen LogP contribution is 2.19. The highest BCUT2D eigenvalue weighted by atomic mass is 16.1. The minimum absolute atomic E-state index is 0.0589. The second kappa shape index (κ2) is 6.64. The van der Waals surface area contributed by atoms with Crippen molar-refractivity contribution >= 4 is 5.91 Å². The fraction of sp³-hybridized carbons (Fsp3) is 0.562. The van der Waals surface area contributed by atoms with Gasteiger partial charge in [0.1, 0.15) is 5.82 Å². The van der Waals surface area contributed by atoms with E-state index in [1.165, 1.54) is 31.3 Å². The van der Waals surface area contributed by atoms with Gasteiger partial charge in [0, 0.05) is 6.54 Å². The van der Waals surface area contributed by atoms with Crippen LogP contribution in [0.3, 0.4) is 0 Å². The average Bonchev–Trinajstić information content (AvgIpc) is 2.38. The van der Waals surface area contributed by atoms with Gasteiger partial charge in [0.25, 0.3) is 5.91 Å². The van der Waals surface area contributed by atoms with Crippen LogP contribution in [0.25, 0.3) is 0 Å². The first-order valence-corrected chi connectivity index (χ1v) is 7.36. The topological polar surface area (TPSA) is 54.9 Å². The molecule has 0 radical (unpaired) electrons. The van der Waals surface area contributed by atoms with Gasteiger partial charge in [-0.1, -0.05) is 11.6 Å². The van der Waals surface area contributed by atoms with E-state index in [1.54, 1.807) is 0 Å². The lowest BCUT2D eigenvalue weighted by Gasteiger charge is -2.14. The Bertz CT molecular complexity index is 512. The number of hydrogen-bond donors (Lipinski definition) is 1. The summed E-state index contributed by atoms with van der Waals surface area (Å²) >= 11 is 0. The largest absolute Gasteiger partial charge is 0.352 e. The fourth-order valence-corrected chi connectivity index (χ4v) is 2.77. The number of aromatic nitrogens is 2. The molecule has 0 fully saturated rings. The Morgan fingerprint density at radius 3 is 2.50 bits per heavy atom. The van der Waals surface area contributed by atoms with E-state index in [-0.39, 0.29) is 5.91 Å². The average molecular weight is 273 g/mol. The zero-order chi connectivity index (χ0) is 14.5. The van der Waals surface area contributed by atoms with Crippen molar-refractivity contribution in [2.24, 2.45) is 0 Å². The third-order valence-electron chi connectivity index (χ3n) is 3.73. The molecule has 0 atom stereocenters.